The zero-order valence-corrected chi connectivity index (χ0v) is 30.8. The first-order valence-electron chi connectivity index (χ1n) is 19.2. The molecule has 0 N–H and O–H groups in total. The van der Waals surface area contributed by atoms with Gasteiger partial charge in [-0.25, -0.2) is 0 Å². The van der Waals surface area contributed by atoms with Crippen molar-refractivity contribution in [1.82, 2.24) is 4.57 Å². The third-order valence-electron chi connectivity index (χ3n) is 10.8. The summed E-state index contributed by atoms with van der Waals surface area (Å²) in [5.74, 6) is 0. The van der Waals surface area contributed by atoms with Gasteiger partial charge in [-0.2, -0.15) is 0 Å². The third kappa shape index (κ3) is 6.14. The Hall–Kier alpha value is -7.42. The molecule has 0 radical (unpaired) electrons. The Morgan fingerprint density at radius 3 is 1.16 bits per heavy atom. The summed E-state index contributed by atoms with van der Waals surface area (Å²) < 4.78 is 2.37. The molecule has 0 amide bonds. The van der Waals surface area contributed by atoms with Gasteiger partial charge in [-0.05, 0) is 99.6 Å². The average Bonchev–Trinajstić information content (AvgIpc) is 3.62. The summed E-state index contributed by atoms with van der Waals surface area (Å²) in [5, 5.41) is 2.54. The second-order valence-electron chi connectivity index (χ2n) is 14.2. The number of para-hydroxylation sites is 2. The highest BCUT2D eigenvalue weighted by Gasteiger charge is 2.19. The van der Waals surface area contributed by atoms with Crippen LogP contribution < -0.4 is 4.90 Å². The molecule has 56 heavy (non-hydrogen) atoms. The highest BCUT2D eigenvalue weighted by molar-refractivity contribution is 6.09. The maximum Gasteiger partial charge on any atom is 0.0541 e. The lowest BCUT2D eigenvalue weighted by Crippen LogP contribution is -2.11. The minimum atomic E-state index is 1.09. The summed E-state index contributed by atoms with van der Waals surface area (Å²) in [5.41, 5.74) is 16.4. The molecule has 0 fully saturated rings. The number of aromatic nitrogens is 1. The summed E-state index contributed by atoms with van der Waals surface area (Å²) in [6.45, 7) is 0. The van der Waals surface area contributed by atoms with Crippen molar-refractivity contribution < 1.29 is 0 Å². The van der Waals surface area contributed by atoms with E-state index in [0.717, 1.165) is 22.7 Å². The monoisotopic (exact) mass is 714 g/mol. The number of rotatable bonds is 8. The van der Waals surface area contributed by atoms with Gasteiger partial charge in [-0.3, -0.25) is 0 Å². The molecule has 1 aromatic heterocycles. The van der Waals surface area contributed by atoms with Gasteiger partial charge in [0.2, 0.25) is 0 Å². The molecule has 0 unspecified atom stereocenters. The quantitative estimate of drug-likeness (QED) is 0.152. The SMILES string of the molecule is c1ccc(-c2ccc(N(c3ccc(-c4ccc(-n5c6ccccc6c6ccccc65)cc4)cc3)c3ccc(-c4ccccc4)cc3-c3ccccc3)cc2)cc1. The van der Waals surface area contributed by atoms with E-state index in [2.05, 4.69) is 240 Å². The molecule has 10 aromatic rings. The van der Waals surface area contributed by atoms with E-state index in [1.165, 1.54) is 66.3 Å². The van der Waals surface area contributed by atoms with Gasteiger partial charge in [-0.15, -0.1) is 0 Å². The lowest BCUT2D eigenvalue weighted by molar-refractivity contribution is 1.18. The lowest BCUT2D eigenvalue weighted by atomic mass is 9.96. The molecule has 10 rings (SSSR count). The number of benzene rings is 9. The normalized spacial score (nSPS) is 11.2. The largest absolute Gasteiger partial charge is 0.310 e. The average molecular weight is 715 g/mol. The molecule has 0 spiro atoms. The molecule has 9 aromatic carbocycles. The Morgan fingerprint density at radius 2 is 0.661 bits per heavy atom. The summed E-state index contributed by atoms with van der Waals surface area (Å²) in [4.78, 5) is 2.39. The summed E-state index contributed by atoms with van der Waals surface area (Å²) in [6.07, 6.45) is 0. The number of anilines is 3. The van der Waals surface area contributed by atoms with E-state index in [4.69, 9.17) is 0 Å². The van der Waals surface area contributed by atoms with Gasteiger partial charge >= 0.3 is 0 Å². The van der Waals surface area contributed by atoms with Crippen LogP contribution >= 0.6 is 0 Å². The van der Waals surface area contributed by atoms with E-state index in [0.29, 0.717) is 0 Å². The van der Waals surface area contributed by atoms with Gasteiger partial charge in [-0.1, -0.05) is 170 Å². The van der Waals surface area contributed by atoms with E-state index in [1.54, 1.807) is 0 Å². The number of fused-ring (bicyclic) bond motifs is 3. The number of nitrogens with zero attached hydrogens (tertiary/aromatic N) is 2. The third-order valence-corrected chi connectivity index (χ3v) is 10.8. The number of hydrogen-bond donors (Lipinski definition) is 0. The van der Waals surface area contributed by atoms with Crippen molar-refractivity contribution in [3.8, 4) is 50.2 Å². The molecule has 0 aliphatic heterocycles. The highest BCUT2D eigenvalue weighted by Crippen LogP contribution is 2.43. The van der Waals surface area contributed by atoms with E-state index < -0.39 is 0 Å². The second kappa shape index (κ2) is 14.4. The van der Waals surface area contributed by atoms with Crippen molar-refractivity contribution in [2.75, 3.05) is 4.90 Å². The first-order valence-corrected chi connectivity index (χ1v) is 19.2. The fraction of sp³-hybridized carbons (Fsp3) is 0. The van der Waals surface area contributed by atoms with Crippen LogP contribution in [-0.4, -0.2) is 4.57 Å². The molecule has 264 valence electrons. The number of hydrogen-bond acceptors (Lipinski definition) is 1. The Bertz CT molecular complexity index is 2860. The van der Waals surface area contributed by atoms with Crippen LogP contribution in [0.3, 0.4) is 0 Å². The van der Waals surface area contributed by atoms with Crippen LogP contribution in [0, 0.1) is 0 Å². The predicted octanol–water partition coefficient (Wildman–Crippen LogP) is 14.9. The minimum Gasteiger partial charge on any atom is -0.310 e. The van der Waals surface area contributed by atoms with Crippen LogP contribution in [0.25, 0.3) is 72.0 Å². The molecule has 0 aliphatic rings. The van der Waals surface area contributed by atoms with E-state index in [9.17, 15) is 0 Å². The summed E-state index contributed by atoms with van der Waals surface area (Å²) in [6, 6.07) is 83.0. The molecular weight excluding hydrogens is 677 g/mol. The Morgan fingerprint density at radius 1 is 0.286 bits per heavy atom. The standard InChI is InChI=1S/C54H38N2/c1-4-14-39(15-5-1)41-24-31-46(32-25-41)55(54-37-30-45(40-16-6-2-7-17-40)38-51(54)44-18-8-3-9-19-44)47-33-26-42(27-34-47)43-28-35-48(36-29-43)56-52-22-12-10-20-49(52)50-21-11-13-23-53(50)56/h1-38H. The first-order chi connectivity index (χ1) is 27.8. The van der Waals surface area contributed by atoms with E-state index >= 15 is 0 Å². The van der Waals surface area contributed by atoms with E-state index in [-0.39, 0.29) is 0 Å². The fourth-order valence-electron chi connectivity index (χ4n) is 8.06. The van der Waals surface area contributed by atoms with Gasteiger partial charge in [0.15, 0.2) is 0 Å². The topological polar surface area (TPSA) is 8.17 Å². The van der Waals surface area contributed by atoms with Crippen molar-refractivity contribution >= 4 is 38.9 Å². The minimum absolute atomic E-state index is 1.09. The van der Waals surface area contributed by atoms with Crippen molar-refractivity contribution in [2.24, 2.45) is 0 Å². The van der Waals surface area contributed by atoms with Crippen LogP contribution in [0.15, 0.2) is 231 Å². The van der Waals surface area contributed by atoms with Crippen LogP contribution in [-0.2, 0) is 0 Å². The second-order valence-corrected chi connectivity index (χ2v) is 14.2. The first kappa shape index (κ1) is 33.2. The van der Waals surface area contributed by atoms with Crippen molar-refractivity contribution in [3.63, 3.8) is 0 Å². The molecule has 0 aliphatic carbocycles. The molecule has 1 heterocycles. The van der Waals surface area contributed by atoms with E-state index in [1.807, 2.05) is 0 Å². The maximum atomic E-state index is 2.39. The van der Waals surface area contributed by atoms with Crippen LogP contribution in [0.2, 0.25) is 0 Å². The molecule has 2 nitrogen and oxygen atoms in total. The van der Waals surface area contributed by atoms with Gasteiger partial charge < -0.3 is 9.47 Å². The highest BCUT2D eigenvalue weighted by atomic mass is 15.1. The lowest BCUT2D eigenvalue weighted by Gasteiger charge is -2.29. The fourth-order valence-corrected chi connectivity index (χ4v) is 8.06. The van der Waals surface area contributed by atoms with Crippen LogP contribution in [0.1, 0.15) is 0 Å². The van der Waals surface area contributed by atoms with Crippen molar-refractivity contribution in [1.29, 1.82) is 0 Å². The van der Waals surface area contributed by atoms with Crippen molar-refractivity contribution in [2.45, 2.75) is 0 Å². The summed E-state index contributed by atoms with van der Waals surface area (Å²) in [7, 11) is 0. The molecular formula is C54H38N2. The van der Waals surface area contributed by atoms with Crippen LogP contribution in [0.5, 0.6) is 0 Å². The predicted molar refractivity (Wildman–Crippen MR) is 237 cm³/mol. The molecule has 0 saturated carbocycles. The molecule has 0 atom stereocenters. The zero-order valence-electron chi connectivity index (χ0n) is 30.8. The van der Waals surface area contributed by atoms with Gasteiger partial charge in [0.1, 0.15) is 0 Å². The van der Waals surface area contributed by atoms with Gasteiger partial charge in [0.05, 0.1) is 16.7 Å². The Labute approximate surface area is 327 Å². The van der Waals surface area contributed by atoms with Crippen molar-refractivity contribution in [3.05, 3.63) is 231 Å². The summed E-state index contributed by atoms with van der Waals surface area (Å²) >= 11 is 0. The van der Waals surface area contributed by atoms with Crippen LogP contribution in [0.4, 0.5) is 17.1 Å². The molecule has 0 saturated heterocycles. The maximum absolute atomic E-state index is 2.39. The van der Waals surface area contributed by atoms with Gasteiger partial charge in [0, 0.05) is 33.4 Å². The Balaban J connectivity index is 1.06. The smallest absolute Gasteiger partial charge is 0.0541 e. The molecule has 0 bridgehead atoms. The Kier molecular flexibility index (Phi) is 8.55. The van der Waals surface area contributed by atoms with Gasteiger partial charge in [0.25, 0.3) is 0 Å². The zero-order chi connectivity index (χ0) is 37.3. The molecule has 2 heteroatoms.